The number of amides is 1. The van der Waals surface area contributed by atoms with E-state index in [9.17, 15) is 4.79 Å². The Kier molecular flexibility index (Phi) is 2.91. The van der Waals surface area contributed by atoms with Crippen LogP contribution in [0.25, 0.3) is 0 Å². The van der Waals surface area contributed by atoms with E-state index in [0.29, 0.717) is 6.54 Å². The summed E-state index contributed by atoms with van der Waals surface area (Å²) >= 11 is 0. The van der Waals surface area contributed by atoms with Gasteiger partial charge in [-0.05, 0) is 12.1 Å². The number of furan rings is 1. The highest BCUT2D eigenvalue weighted by Crippen LogP contribution is 2.01. The molecule has 0 bridgehead atoms. The molecule has 0 aliphatic rings. The Balaban J connectivity index is 2.31. The Bertz CT molecular complexity index is 241. The Morgan fingerprint density at radius 3 is 2.92 bits per heavy atom. The summed E-state index contributed by atoms with van der Waals surface area (Å²) < 4.78 is 5.13. The monoisotopic (exact) mass is 167 g/mol. The van der Waals surface area contributed by atoms with Crippen molar-refractivity contribution in [3.8, 4) is 0 Å². The van der Waals surface area contributed by atoms with Gasteiger partial charge in [0.05, 0.1) is 6.26 Å². The zero-order valence-corrected chi connectivity index (χ0v) is 7.41. The van der Waals surface area contributed by atoms with Crippen molar-refractivity contribution in [2.24, 2.45) is 0 Å². The average molecular weight is 167 g/mol. The molecule has 0 unspecified atom stereocenters. The summed E-state index contributed by atoms with van der Waals surface area (Å²) in [6.07, 6.45) is 2.42. The summed E-state index contributed by atoms with van der Waals surface area (Å²) in [6.45, 7) is 2.27. The molecule has 0 saturated carbocycles. The molecule has 0 fully saturated rings. The topological polar surface area (TPSA) is 33.5 Å². The lowest BCUT2D eigenvalue weighted by atomic mass is 10.3. The van der Waals surface area contributed by atoms with Crippen LogP contribution < -0.4 is 0 Å². The average Bonchev–Trinajstić information content (AvgIpc) is 2.51. The van der Waals surface area contributed by atoms with Gasteiger partial charge >= 0.3 is 0 Å². The molecule has 0 radical (unpaired) electrons. The van der Waals surface area contributed by atoms with Gasteiger partial charge in [0.25, 0.3) is 0 Å². The van der Waals surface area contributed by atoms with Crippen molar-refractivity contribution in [3.63, 3.8) is 0 Å². The molecule has 66 valence electrons. The van der Waals surface area contributed by atoms with Gasteiger partial charge in [-0.1, -0.05) is 0 Å². The van der Waals surface area contributed by atoms with Gasteiger partial charge in [-0.2, -0.15) is 0 Å². The van der Waals surface area contributed by atoms with E-state index >= 15 is 0 Å². The van der Waals surface area contributed by atoms with Gasteiger partial charge in [0, 0.05) is 26.9 Å². The molecule has 3 heteroatoms. The quantitative estimate of drug-likeness (QED) is 0.679. The first-order valence-electron chi connectivity index (χ1n) is 3.94. The van der Waals surface area contributed by atoms with Gasteiger partial charge in [-0.25, -0.2) is 0 Å². The Morgan fingerprint density at radius 1 is 1.67 bits per heavy atom. The maximum Gasteiger partial charge on any atom is 0.219 e. The fraction of sp³-hybridized carbons (Fsp3) is 0.444. The van der Waals surface area contributed by atoms with Crippen LogP contribution in [0.5, 0.6) is 0 Å². The zero-order chi connectivity index (χ0) is 8.97. The van der Waals surface area contributed by atoms with Gasteiger partial charge in [0.15, 0.2) is 0 Å². The second-order valence-electron chi connectivity index (χ2n) is 2.77. The Labute approximate surface area is 72.0 Å². The first-order chi connectivity index (χ1) is 5.70. The van der Waals surface area contributed by atoms with Crippen LogP contribution in [0.15, 0.2) is 22.8 Å². The molecule has 1 aromatic heterocycles. The van der Waals surface area contributed by atoms with Crippen LogP contribution in [-0.4, -0.2) is 24.4 Å². The molecule has 0 saturated heterocycles. The standard InChI is InChI=1S/C9H13NO2/c1-8(11)10(2)6-5-9-4-3-7-12-9/h3-4,7H,5-6H2,1-2H3. The molecule has 0 aromatic carbocycles. The Morgan fingerprint density at radius 2 is 2.42 bits per heavy atom. The third-order valence-corrected chi connectivity index (χ3v) is 1.81. The molecule has 3 nitrogen and oxygen atoms in total. The fourth-order valence-corrected chi connectivity index (χ4v) is 0.890. The molecule has 12 heavy (non-hydrogen) atoms. The summed E-state index contributed by atoms with van der Waals surface area (Å²) in [5.41, 5.74) is 0. The van der Waals surface area contributed by atoms with Gasteiger partial charge in [-0.3, -0.25) is 4.79 Å². The zero-order valence-electron chi connectivity index (χ0n) is 7.41. The molecular formula is C9H13NO2. The largest absolute Gasteiger partial charge is 0.469 e. The van der Waals surface area contributed by atoms with Crippen molar-refractivity contribution in [1.29, 1.82) is 0 Å². The van der Waals surface area contributed by atoms with E-state index in [1.54, 1.807) is 25.1 Å². The van der Waals surface area contributed by atoms with E-state index in [1.165, 1.54) is 0 Å². The van der Waals surface area contributed by atoms with E-state index in [2.05, 4.69) is 0 Å². The number of nitrogens with zero attached hydrogens (tertiary/aromatic N) is 1. The highest BCUT2D eigenvalue weighted by molar-refractivity contribution is 5.72. The number of hydrogen-bond acceptors (Lipinski definition) is 2. The van der Waals surface area contributed by atoms with Crippen LogP contribution >= 0.6 is 0 Å². The number of carbonyl (C=O) groups excluding carboxylic acids is 1. The van der Waals surface area contributed by atoms with Crippen LogP contribution in [-0.2, 0) is 11.2 Å². The molecule has 1 amide bonds. The van der Waals surface area contributed by atoms with Crippen molar-refractivity contribution in [2.75, 3.05) is 13.6 Å². The minimum Gasteiger partial charge on any atom is -0.469 e. The normalized spacial score (nSPS) is 9.83. The highest BCUT2D eigenvalue weighted by atomic mass is 16.3. The summed E-state index contributed by atoms with van der Waals surface area (Å²) in [6, 6.07) is 3.76. The molecule has 1 aromatic rings. The van der Waals surface area contributed by atoms with Crippen LogP contribution in [0.3, 0.4) is 0 Å². The second-order valence-corrected chi connectivity index (χ2v) is 2.77. The molecule has 0 spiro atoms. The first kappa shape index (κ1) is 8.84. The highest BCUT2D eigenvalue weighted by Gasteiger charge is 2.02. The van der Waals surface area contributed by atoms with Gasteiger partial charge in [0.2, 0.25) is 5.91 Å². The fourth-order valence-electron chi connectivity index (χ4n) is 0.890. The summed E-state index contributed by atoms with van der Waals surface area (Å²) in [7, 11) is 1.78. The molecule has 1 rings (SSSR count). The van der Waals surface area contributed by atoms with E-state index in [0.717, 1.165) is 12.2 Å². The molecule has 1 heterocycles. The SMILES string of the molecule is CC(=O)N(C)CCc1ccco1. The number of likely N-dealkylation sites (N-methyl/N-ethyl adjacent to an activating group) is 1. The predicted octanol–water partition coefficient (Wildman–Crippen LogP) is 1.30. The van der Waals surface area contributed by atoms with Crippen molar-refractivity contribution >= 4 is 5.91 Å². The third kappa shape index (κ3) is 2.42. The van der Waals surface area contributed by atoms with E-state index in [-0.39, 0.29) is 5.91 Å². The smallest absolute Gasteiger partial charge is 0.219 e. The van der Waals surface area contributed by atoms with Crippen molar-refractivity contribution < 1.29 is 9.21 Å². The first-order valence-corrected chi connectivity index (χ1v) is 3.94. The number of rotatable bonds is 3. The summed E-state index contributed by atoms with van der Waals surface area (Å²) in [5, 5.41) is 0. The van der Waals surface area contributed by atoms with E-state index in [1.807, 2.05) is 12.1 Å². The second kappa shape index (κ2) is 3.95. The van der Waals surface area contributed by atoms with E-state index < -0.39 is 0 Å². The third-order valence-electron chi connectivity index (χ3n) is 1.81. The van der Waals surface area contributed by atoms with Crippen LogP contribution in [0.1, 0.15) is 12.7 Å². The molecule has 0 aliphatic carbocycles. The van der Waals surface area contributed by atoms with Crippen molar-refractivity contribution in [2.45, 2.75) is 13.3 Å². The molecular weight excluding hydrogens is 154 g/mol. The van der Waals surface area contributed by atoms with Crippen LogP contribution in [0, 0.1) is 0 Å². The van der Waals surface area contributed by atoms with Crippen molar-refractivity contribution in [1.82, 2.24) is 4.90 Å². The van der Waals surface area contributed by atoms with E-state index in [4.69, 9.17) is 4.42 Å². The maximum atomic E-state index is 10.8. The summed E-state index contributed by atoms with van der Waals surface area (Å²) in [5.74, 6) is 1.00. The van der Waals surface area contributed by atoms with Gasteiger partial charge in [-0.15, -0.1) is 0 Å². The molecule has 0 aliphatic heterocycles. The van der Waals surface area contributed by atoms with Crippen molar-refractivity contribution in [3.05, 3.63) is 24.2 Å². The predicted molar refractivity (Wildman–Crippen MR) is 45.7 cm³/mol. The number of carbonyl (C=O) groups is 1. The number of hydrogen-bond donors (Lipinski definition) is 0. The lowest BCUT2D eigenvalue weighted by Crippen LogP contribution is -2.25. The summed E-state index contributed by atoms with van der Waals surface area (Å²) in [4.78, 5) is 12.5. The Hall–Kier alpha value is -1.25. The lowest BCUT2D eigenvalue weighted by Gasteiger charge is -2.12. The minimum atomic E-state index is 0.0848. The van der Waals surface area contributed by atoms with Crippen LogP contribution in [0.4, 0.5) is 0 Å². The van der Waals surface area contributed by atoms with Gasteiger partial charge < -0.3 is 9.32 Å². The lowest BCUT2D eigenvalue weighted by molar-refractivity contribution is -0.127. The maximum absolute atomic E-state index is 10.8. The van der Waals surface area contributed by atoms with Crippen LogP contribution in [0.2, 0.25) is 0 Å². The van der Waals surface area contributed by atoms with Gasteiger partial charge in [0.1, 0.15) is 5.76 Å². The minimum absolute atomic E-state index is 0.0848. The molecule has 0 N–H and O–H groups in total. The molecule has 0 atom stereocenters.